The predicted octanol–water partition coefficient (Wildman–Crippen LogP) is 2.81. The fraction of sp³-hybridized carbons (Fsp3) is 0.167. The minimum absolute atomic E-state index is 0.182. The molecule has 0 spiro atoms. The maximum atomic E-state index is 13.3. The fourth-order valence-electron chi connectivity index (χ4n) is 1.44. The van der Waals surface area contributed by atoms with Crippen molar-refractivity contribution in [1.82, 2.24) is 10.3 Å². The average Bonchev–Trinajstić information content (AvgIpc) is 2.84. The Morgan fingerprint density at radius 1 is 1.39 bits per heavy atom. The van der Waals surface area contributed by atoms with Gasteiger partial charge in [0.1, 0.15) is 5.82 Å². The van der Waals surface area contributed by atoms with Crippen LogP contribution in [0.2, 0.25) is 0 Å². The van der Waals surface area contributed by atoms with Gasteiger partial charge < -0.3 is 10.6 Å². The summed E-state index contributed by atoms with van der Waals surface area (Å²) in [7, 11) is 0. The number of hydrogen-bond donors (Lipinski definition) is 2. The third-order valence-electron chi connectivity index (χ3n) is 2.29. The van der Waals surface area contributed by atoms with Crippen molar-refractivity contribution < 1.29 is 4.39 Å². The Labute approximate surface area is 114 Å². The molecule has 0 aliphatic heterocycles. The minimum atomic E-state index is -0.182. The molecule has 1 aromatic heterocycles. The van der Waals surface area contributed by atoms with Gasteiger partial charge in [-0.1, -0.05) is 18.2 Å². The zero-order valence-corrected chi connectivity index (χ0v) is 11.2. The van der Waals surface area contributed by atoms with E-state index >= 15 is 0 Å². The number of aromatic nitrogens is 1. The second-order valence-corrected chi connectivity index (χ2v) is 4.86. The second-order valence-electron chi connectivity index (χ2n) is 3.56. The number of rotatable bonds is 4. The Balaban J connectivity index is 1.75. The third-order valence-corrected chi connectivity index (χ3v) is 3.23. The van der Waals surface area contributed by atoms with Crippen LogP contribution in [0.25, 0.3) is 0 Å². The van der Waals surface area contributed by atoms with Crippen LogP contribution < -0.4 is 10.6 Å². The van der Waals surface area contributed by atoms with Crippen LogP contribution in [0.15, 0.2) is 35.8 Å². The minimum Gasteiger partial charge on any atom is -0.362 e. The first kappa shape index (κ1) is 12.9. The summed E-state index contributed by atoms with van der Waals surface area (Å²) in [6.07, 6.45) is 2.29. The lowest BCUT2D eigenvalue weighted by atomic mass is 10.1. The average molecular weight is 281 g/mol. The highest BCUT2D eigenvalue weighted by Crippen LogP contribution is 2.10. The molecule has 94 valence electrons. The van der Waals surface area contributed by atoms with E-state index in [0.29, 0.717) is 23.6 Å². The van der Waals surface area contributed by atoms with E-state index in [1.807, 2.05) is 11.4 Å². The molecular weight excluding hydrogens is 269 g/mol. The smallest absolute Gasteiger partial charge is 0.188 e. The van der Waals surface area contributed by atoms with Crippen LogP contribution in [0.4, 0.5) is 9.52 Å². The van der Waals surface area contributed by atoms with Gasteiger partial charge in [0.25, 0.3) is 0 Å². The molecule has 0 bridgehead atoms. The number of hydrogen-bond acceptors (Lipinski definition) is 3. The quantitative estimate of drug-likeness (QED) is 0.845. The summed E-state index contributed by atoms with van der Waals surface area (Å²) >= 11 is 6.57. The van der Waals surface area contributed by atoms with Gasteiger partial charge in [-0.05, 0) is 30.3 Å². The number of benzene rings is 1. The van der Waals surface area contributed by atoms with Gasteiger partial charge in [0, 0.05) is 18.1 Å². The molecule has 0 aliphatic carbocycles. The van der Waals surface area contributed by atoms with Gasteiger partial charge in [0.15, 0.2) is 10.2 Å². The van der Waals surface area contributed by atoms with Crippen molar-refractivity contribution in [1.29, 1.82) is 0 Å². The molecule has 6 heteroatoms. The predicted molar refractivity (Wildman–Crippen MR) is 76.4 cm³/mol. The standard InChI is InChI=1S/C12H12FN3S2/c13-10-4-2-1-3-9(10)5-6-14-11(17)16-12-15-7-8-18-12/h1-4,7-8H,5-6H2,(H2,14,15,16,17). The van der Waals surface area contributed by atoms with Crippen molar-refractivity contribution in [3.63, 3.8) is 0 Å². The van der Waals surface area contributed by atoms with E-state index < -0.39 is 0 Å². The molecule has 0 atom stereocenters. The van der Waals surface area contributed by atoms with Crippen LogP contribution in [0.5, 0.6) is 0 Å². The topological polar surface area (TPSA) is 37.0 Å². The molecular formula is C12H12FN3S2. The molecule has 2 aromatic rings. The highest BCUT2D eigenvalue weighted by molar-refractivity contribution is 7.80. The summed E-state index contributed by atoms with van der Waals surface area (Å²) in [5.41, 5.74) is 0.682. The van der Waals surface area contributed by atoms with Gasteiger partial charge in [0.05, 0.1) is 0 Å². The van der Waals surface area contributed by atoms with Crippen LogP contribution >= 0.6 is 23.6 Å². The van der Waals surface area contributed by atoms with Crippen LogP contribution in [-0.4, -0.2) is 16.6 Å². The number of anilines is 1. The molecule has 0 radical (unpaired) electrons. The SMILES string of the molecule is Fc1ccccc1CCNC(=S)Nc1nccs1. The molecule has 0 unspecified atom stereocenters. The number of nitrogens with zero attached hydrogens (tertiary/aromatic N) is 1. The van der Waals surface area contributed by atoms with E-state index in [4.69, 9.17) is 12.2 Å². The summed E-state index contributed by atoms with van der Waals surface area (Å²) in [4.78, 5) is 4.06. The summed E-state index contributed by atoms with van der Waals surface area (Å²) in [5, 5.41) is 9.09. The molecule has 0 fully saturated rings. The Kier molecular flexibility index (Phi) is 4.60. The molecule has 0 saturated heterocycles. The zero-order valence-electron chi connectivity index (χ0n) is 9.52. The largest absolute Gasteiger partial charge is 0.362 e. The van der Waals surface area contributed by atoms with Crippen molar-refractivity contribution in [2.24, 2.45) is 0 Å². The molecule has 0 amide bonds. The highest BCUT2D eigenvalue weighted by Gasteiger charge is 2.02. The molecule has 2 rings (SSSR count). The third kappa shape index (κ3) is 3.75. The summed E-state index contributed by atoms with van der Waals surface area (Å²) in [6, 6.07) is 6.74. The molecule has 2 N–H and O–H groups in total. The van der Waals surface area contributed by atoms with E-state index in [1.165, 1.54) is 17.4 Å². The van der Waals surface area contributed by atoms with E-state index in [0.717, 1.165) is 5.13 Å². The van der Waals surface area contributed by atoms with Gasteiger partial charge in [-0.2, -0.15) is 0 Å². The summed E-state index contributed by atoms with van der Waals surface area (Å²) in [6.45, 7) is 0.581. The molecule has 1 heterocycles. The maximum Gasteiger partial charge on any atom is 0.188 e. The first-order valence-electron chi connectivity index (χ1n) is 5.43. The number of thiocarbonyl (C=S) groups is 1. The van der Waals surface area contributed by atoms with Gasteiger partial charge in [-0.15, -0.1) is 11.3 Å². The number of thiazole rings is 1. The fourth-order valence-corrected chi connectivity index (χ4v) is 2.23. The van der Waals surface area contributed by atoms with E-state index in [-0.39, 0.29) is 5.82 Å². The lowest BCUT2D eigenvalue weighted by Gasteiger charge is -2.08. The van der Waals surface area contributed by atoms with Crippen molar-refractivity contribution in [3.05, 3.63) is 47.2 Å². The van der Waals surface area contributed by atoms with Crippen molar-refractivity contribution in [2.45, 2.75) is 6.42 Å². The first-order chi connectivity index (χ1) is 8.75. The van der Waals surface area contributed by atoms with Crippen molar-refractivity contribution >= 4 is 33.8 Å². The molecule has 18 heavy (non-hydrogen) atoms. The van der Waals surface area contributed by atoms with Crippen LogP contribution in [0.1, 0.15) is 5.56 Å². The monoisotopic (exact) mass is 281 g/mol. The van der Waals surface area contributed by atoms with Crippen LogP contribution in [-0.2, 0) is 6.42 Å². The molecule has 0 aliphatic rings. The zero-order chi connectivity index (χ0) is 12.8. The molecule has 3 nitrogen and oxygen atoms in total. The Bertz CT molecular complexity index is 514. The highest BCUT2D eigenvalue weighted by atomic mass is 32.1. The Morgan fingerprint density at radius 3 is 2.94 bits per heavy atom. The second kappa shape index (κ2) is 6.42. The van der Waals surface area contributed by atoms with E-state index in [9.17, 15) is 4.39 Å². The van der Waals surface area contributed by atoms with E-state index in [1.54, 1.807) is 18.3 Å². The molecule has 0 saturated carbocycles. The van der Waals surface area contributed by atoms with Crippen LogP contribution in [0, 0.1) is 5.82 Å². The lowest BCUT2D eigenvalue weighted by molar-refractivity contribution is 0.607. The van der Waals surface area contributed by atoms with Crippen molar-refractivity contribution in [3.8, 4) is 0 Å². The van der Waals surface area contributed by atoms with Crippen molar-refractivity contribution in [2.75, 3.05) is 11.9 Å². The normalized spacial score (nSPS) is 10.1. The van der Waals surface area contributed by atoms with E-state index in [2.05, 4.69) is 15.6 Å². The summed E-state index contributed by atoms with van der Waals surface area (Å²) in [5.74, 6) is -0.182. The first-order valence-corrected chi connectivity index (χ1v) is 6.72. The summed E-state index contributed by atoms with van der Waals surface area (Å²) < 4.78 is 13.3. The number of halogens is 1. The molecule has 1 aromatic carbocycles. The lowest BCUT2D eigenvalue weighted by Crippen LogP contribution is -2.30. The van der Waals surface area contributed by atoms with Gasteiger partial charge in [-0.25, -0.2) is 9.37 Å². The van der Waals surface area contributed by atoms with Gasteiger partial charge in [0.2, 0.25) is 0 Å². The van der Waals surface area contributed by atoms with Crippen LogP contribution in [0.3, 0.4) is 0 Å². The van der Waals surface area contributed by atoms with Gasteiger partial charge >= 0.3 is 0 Å². The van der Waals surface area contributed by atoms with Gasteiger partial charge in [-0.3, -0.25) is 0 Å². The Hall–Kier alpha value is -1.53. The maximum absolute atomic E-state index is 13.3. The number of nitrogens with one attached hydrogen (secondary N) is 2. The Morgan fingerprint density at radius 2 is 2.22 bits per heavy atom.